The third-order valence-corrected chi connectivity index (χ3v) is 1.43. The average molecular weight is 150 g/mol. The van der Waals surface area contributed by atoms with Crippen molar-refractivity contribution in [3.05, 3.63) is 0 Å². The van der Waals surface area contributed by atoms with Crippen molar-refractivity contribution in [3.63, 3.8) is 0 Å². The maximum Gasteiger partial charge on any atom is 0.152 e. The third-order valence-electron chi connectivity index (χ3n) is 1.43. The molecule has 0 spiro atoms. The predicted molar refractivity (Wildman–Crippen MR) is 38.6 cm³/mol. The van der Waals surface area contributed by atoms with Crippen molar-refractivity contribution in [3.8, 4) is 0 Å². The first kappa shape index (κ1) is 8.92. The van der Waals surface area contributed by atoms with E-state index in [4.69, 9.17) is 5.73 Å². The molecule has 2 N–H and O–H groups in total. The zero-order valence-electron chi connectivity index (χ0n) is 5.46. The highest BCUT2D eigenvalue weighted by molar-refractivity contribution is 5.87. The molecule has 1 fully saturated rings. The average Bonchev–Trinajstić information content (AvgIpc) is 2.43. The number of hydrogen-bond donors (Lipinski definition) is 1. The van der Waals surface area contributed by atoms with E-state index in [2.05, 4.69) is 0 Å². The van der Waals surface area contributed by atoms with Gasteiger partial charge < -0.3 is 5.73 Å². The van der Waals surface area contributed by atoms with Crippen LogP contribution >= 0.6 is 12.4 Å². The van der Waals surface area contributed by atoms with Gasteiger partial charge in [0.25, 0.3) is 0 Å². The first-order valence-corrected chi connectivity index (χ1v) is 3.01. The van der Waals surface area contributed by atoms with Gasteiger partial charge in [-0.15, -0.1) is 12.4 Å². The smallest absolute Gasteiger partial charge is 0.152 e. The SMILES string of the molecule is CC(N)C(=O)C1CC1.Cl. The van der Waals surface area contributed by atoms with E-state index in [1.54, 1.807) is 6.92 Å². The van der Waals surface area contributed by atoms with Gasteiger partial charge in [-0.05, 0) is 19.8 Å². The van der Waals surface area contributed by atoms with Gasteiger partial charge in [-0.3, -0.25) is 4.79 Å². The van der Waals surface area contributed by atoms with Gasteiger partial charge >= 0.3 is 0 Å². The quantitative estimate of drug-likeness (QED) is 0.629. The van der Waals surface area contributed by atoms with Crippen LogP contribution in [0.4, 0.5) is 0 Å². The second kappa shape index (κ2) is 3.18. The first-order chi connectivity index (χ1) is 3.72. The molecule has 2 nitrogen and oxygen atoms in total. The Kier molecular flexibility index (Phi) is 3.15. The molecule has 3 heteroatoms. The summed E-state index contributed by atoms with van der Waals surface area (Å²) in [6.45, 7) is 1.75. The predicted octanol–water partition coefficient (Wildman–Crippen LogP) is 0.734. The monoisotopic (exact) mass is 149 g/mol. The molecule has 1 atom stereocenters. The van der Waals surface area contributed by atoms with Crippen molar-refractivity contribution in [1.82, 2.24) is 0 Å². The van der Waals surface area contributed by atoms with Gasteiger partial charge in [-0.1, -0.05) is 0 Å². The van der Waals surface area contributed by atoms with E-state index in [1.807, 2.05) is 0 Å². The molecule has 9 heavy (non-hydrogen) atoms. The molecular weight excluding hydrogens is 138 g/mol. The van der Waals surface area contributed by atoms with E-state index in [1.165, 1.54) is 0 Å². The van der Waals surface area contributed by atoms with E-state index in [-0.39, 0.29) is 24.2 Å². The minimum atomic E-state index is -0.234. The van der Waals surface area contributed by atoms with Gasteiger partial charge in [0.05, 0.1) is 6.04 Å². The van der Waals surface area contributed by atoms with Crippen molar-refractivity contribution in [2.24, 2.45) is 11.7 Å². The van der Waals surface area contributed by atoms with Gasteiger partial charge in [0.15, 0.2) is 5.78 Å². The van der Waals surface area contributed by atoms with E-state index < -0.39 is 0 Å². The van der Waals surface area contributed by atoms with Crippen LogP contribution in [0.1, 0.15) is 19.8 Å². The molecule has 0 aromatic carbocycles. The number of carbonyl (C=O) groups excluding carboxylic acids is 1. The summed E-state index contributed by atoms with van der Waals surface area (Å²) in [5.74, 6) is 0.569. The van der Waals surface area contributed by atoms with Crippen LogP contribution in [0.3, 0.4) is 0 Å². The minimum Gasteiger partial charge on any atom is -0.322 e. The number of halogens is 1. The Hall–Kier alpha value is -0.0800. The molecule has 0 aromatic heterocycles. The van der Waals surface area contributed by atoms with Crippen LogP contribution in [0.25, 0.3) is 0 Å². The van der Waals surface area contributed by atoms with Crippen LogP contribution in [0, 0.1) is 5.92 Å². The molecular formula is C6H12ClNO. The number of rotatable bonds is 2. The van der Waals surface area contributed by atoms with Crippen LogP contribution in [0.15, 0.2) is 0 Å². The Morgan fingerprint density at radius 2 is 2.11 bits per heavy atom. The summed E-state index contributed by atoms with van der Waals surface area (Å²) in [5, 5.41) is 0. The Bertz CT molecular complexity index is 106. The number of hydrogen-bond acceptors (Lipinski definition) is 2. The highest BCUT2D eigenvalue weighted by Gasteiger charge is 2.30. The first-order valence-electron chi connectivity index (χ1n) is 3.01. The van der Waals surface area contributed by atoms with Gasteiger partial charge in [0.1, 0.15) is 0 Å². The summed E-state index contributed by atoms with van der Waals surface area (Å²) >= 11 is 0. The van der Waals surface area contributed by atoms with Crippen molar-refractivity contribution in [1.29, 1.82) is 0 Å². The molecule has 0 heterocycles. The lowest BCUT2D eigenvalue weighted by atomic mass is 10.1. The normalized spacial score (nSPS) is 20.2. The Labute approximate surface area is 61.2 Å². The number of nitrogens with two attached hydrogens (primary N) is 1. The maximum absolute atomic E-state index is 10.8. The molecule has 1 saturated carbocycles. The fraction of sp³-hybridized carbons (Fsp3) is 0.833. The molecule has 0 amide bonds. The van der Waals surface area contributed by atoms with Crippen molar-refractivity contribution < 1.29 is 4.79 Å². The zero-order valence-corrected chi connectivity index (χ0v) is 6.28. The fourth-order valence-corrected chi connectivity index (χ4v) is 0.740. The van der Waals surface area contributed by atoms with Crippen molar-refractivity contribution in [2.75, 3.05) is 0 Å². The van der Waals surface area contributed by atoms with E-state index in [0.717, 1.165) is 12.8 Å². The van der Waals surface area contributed by atoms with Crippen molar-refractivity contribution >= 4 is 18.2 Å². The Morgan fingerprint density at radius 3 is 2.22 bits per heavy atom. The largest absolute Gasteiger partial charge is 0.322 e. The van der Waals surface area contributed by atoms with Crippen LogP contribution in [-0.2, 0) is 4.79 Å². The standard InChI is InChI=1S/C6H11NO.ClH/c1-4(7)6(8)5-2-3-5;/h4-5H,2-3,7H2,1H3;1H. The molecule has 0 bridgehead atoms. The number of ketones is 1. The van der Waals surface area contributed by atoms with Gasteiger partial charge in [-0.2, -0.15) is 0 Å². The van der Waals surface area contributed by atoms with Crippen LogP contribution < -0.4 is 5.73 Å². The molecule has 0 radical (unpaired) electrons. The van der Waals surface area contributed by atoms with Crippen LogP contribution in [-0.4, -0.2) is 11.8 Å². The van der Waals surface area contributed by atoms with Crippen LogP contribution in [0.5, 0.6) is 0 Å². The summed E-state index contributed by atoms with van der Waals surface area (Å²) in [5.41, 5.74) is 5.33. The summed E-state index contributed by atoms with van der Waals surface area (Å²) < 4.78 is 0. The highest BCUT2D eigenvalue weighted by Crippen LogP contribution is 2.30. The maximum atomic E-state index is 10.8. The molecule has 1 aliphatic rings. The Balaban J connectivity index is 0.000000640. The van der Waals surface area contributed by atoms with Crippen molar-refractivity contribution in [2.45, 2.75) is 25.8 Å². The second-order valence-corrected chi connectivity index (χ2v) is 2.47. The van der Waals surface area contributed by atoms with Gasteiger partial charge in [0.2, 0.25) is 0 Å². The van der Waals surface area contributed by atoms with E-state index in [9.17, 15) is 4.79 Å². The second-order valence-electron chi connectivity index (χ2n) is 2.47. The molecule has 0 saturated heterocycles. The lowest BCUT2D eigenvalue weighted by Gasteiger charge is -1.98. The topological polar surface area (TPSA) is 43.1 Å². The molecule has 0 aromatic rings. The van der Waals surface area contributed by atoms with Crippen LogP contribution in [0.2, 0.25) is 0 Å². The summed E-state index contributed by atoms with van der Waals surface area (Å²) in [6, 6.07) is -0.234. The lowest BCUT2D eigenvalue weighted by Crippen LogP contribution is -2.27. The zero-order chi connectivity index (χ0) is 6.15. The number of carbonyl (C=O) groups is 1. The third kappa shape index (κ3) is 2.33. The molecule has 1 rings (SSSR count). The molecule has 54 valence electrons. The summed E-state index contributed by atoms with van der Waals surface area (Å²) in [4.78, 5) is 10.8. The van der Waals surface area contributed by atoms with Gasteiger partial charge in [0, 0.05) is 5.92 Å². The minimum absolute atomic E-state index is 0. The highest BCUT2D eigenvalue weighted by atomic mass is 35.5. The summed E-state index contributed by atoms with van der Waals surface area (Å²) in [6.07, 6.45) is 2.14. The molecule has 1 aliphatic carbocycles. The lowest BCUT2D eigenvalue weighted by molar-refractivity contribution is -0.121. The van der Waals surface area contributed by atoms with E-state index >= 15 is 0 Å². The molecule has 1 unspecified atom stereocenters. The molecule has 0 aliphatic heterocycles. The number of Topliss-reactive ketones (excluding diaryl/α,β-unsaturated/α-hetero) is 1. The van der Waals surface area contributed by atoms with Gasteiger partial charge in [-0.25, -0.2) is 0 Å². The Morgan fingerprint density at radius 1 is 1.67 bits per heavy atom. The fourth-order valence-electron chi connectivity index (χ4n) is 0.740. The summed E-state index contributed by atoms with van der Waals surface area (Å²) in [7, 11) is 0. The van der Waals surface area contributed by atoms with E-state index in [0.29, 0.717) is 5.92 Å².